The van der Waals surface area contributed by atoms with E-state index in [4.69, 9.17) is 13.6 Å². The lowest BCUT2D eigenvalue weighted by molar-refractivity contribution is 0.410. The van der Waals surface area contributed by atoms with E-state index in [1.807, 2.05) is 30.3 Å². The van der Waals surface area contributed by atoms with Crippen LogP contribution in [0.25, 0.3) is 33.3 Å². The molecule has 4 heteroatoms. The molecule has 0 fully saturated rings. The molecule has 0 bridgehead atoms. The molecule has 108 valence electrons. The SMILES string of the molecule is COc1cc2c(=O)cc(-c3ccccc3)oc2c2ccoc12. The molecule has 4 rings (SSSR count). The van der Waals surface area contributed by atoms with Crippen molar-refractivity contribution in [2.45, 2.75) is 0 Å². The summed E-state index contributed by atoms with van der Waals surface area (Å²) in [7, 11) is 1.54. The fourth-order valence-electron chi connectivity index (χ4n) is 2.61. The maximum atomic E-state index is 12.5. The van der Waals surface area contributed by atoms with E-state index < -0.39 is 0 Å². The van der Waals surface area contributed by atoms with Gasteiger partial charge in [-0.3, -0.25) is 4.79 Å². The zero-order valence-electron chi connectivity index (χ0n) is 11.8. The van der Waals surface area contributed by atoms with Gasteiger partial charge in [-0.1, -0.05) is 30.3 Å². The predicted molar refractivity (Wildman–Crippen MR) is 84.2 cm³/mol. The Morgan fingerprint density at radius 1 is 0.955 bits per heavy atom. The van der Waals surface area contributed by atoms with Crippen LogP contribution in [0.4, 0.5) is 0 Å². The Kier molecular flexibility index (Phi) is 2.76. The number of hydrogen-bond acceptors (Lipinski definition) is 4. The summed E-state index contributed by atoms with van der Waals surface area (Å²) in [6.45, 7) is 0. The van der Waals surface area contributed by atoms with E-state index >= 15 is 0 Å². The minimum Gasteiger partial charge on any atom is -0.493 e. The Balaban J connectivity index is 2.12. The second-order valence-corrected chi connectivity index (χ2v) is 4.96. The maximum Gasteiger partial charge on any atom is 0.193 e. The monoisotopic (exact) mass is 292 g/mol. The van der Waals surface area contributed by atoms with Gasteiger partial charge in [0.2, 0.25) is 0 Å². The van der Waals surface area contributed by atoms with E-state index in [-0.39, 0.29) is 5.43 Å². The van der Waals surface area contributed by atoms with Gasteiger partial charge in [0.15, 0.2) is 16.8 Å². The molecule has 0 spiro atoms. The summed E-state index contributed by atoms with van der Waals surface area (Å²) in [5, 5.41) is 1.20. The van der Waals surface area contributed by atoms with Gasteiger partial charge in [0.1, 0.15) is 11.3 Å². The molecule has 0 unspecified atom stereocenters. The molecule has 0 aliphatic heterocycles. The van der Waals surface area contributed by atoms with Crippen molar-refractivity contribution in [2.75, 3.05) is 7.11 Å². The van der Waals surface area contributed by atoms with E-state index in [0.717, 1.165) is 10.9 Å². The molecule has 4 aromatic rings. The molecule has 0 radical (unpaired) electrons. The van der Waals surface area contributed by atoms with Gasteiger partial charge in [-0.25, -0.2) is 0 Å². The zero-order chi connectivity index (χ0) is 15.1. The van der Waals surface area contributed by atoms with Crippen LogP contribution in [0.1, 0.15) is 0 Å². The second kappa shape index (κ2) is 4.77. The van der Waals surface area contributed by atoms with Crippen molar-refractivity contribution < 1.29 is 13.6 Å². The lowest BCUT2D eigenvalue weighted by Gasteiger charge is -2.06. The van der Waals surface area contributed by atoms with Crippen LogP contribution in [0.3, 0.4) is 0 Å². The molecule has 0 N–H and O–H groups in total. The number of fused-ring (bicyclic) bond motifs is 3. The summed E-state index contributed by atoms with van der Waals surface area (Å²) in [5.74, 6) is 1.05. The number of hydrogen-bond donors (Lipinski definition) is 0. The summed E-state index contributed by atoms with van der Waals surface area (Å²) >= 11 is 0. The Labute approximate surface area is 125 Å². The molecule has 0 saturated carbocycles. The molecule has 0 amide bonds. The van der Waals surface area contributed by atoms with E-state index in [9.17, 15) is 4.79 Å². The number of furan rings is 1. The minimum atomic E-state index is -0.110. The average Bonchev–Trinajstić information content (AvgIpc) is 3.05. The highest BCUT2D eigenvalue weighted by Gasteiger charge is 2.15. The largest absolute Gasteiger partial charge is 0.493 e. The first-order valence-corrected chi connectivity index (χ1v) is 6.85. The van der Waals surface area contributed by atoms with Crippen LogP contribution in [-0.4, -0.2) is 7.11 Å². The first-order valence-electron chi connectivity index (χ1n) is 6.85. The quantitative estimate of drug-likeness (QED) is 0.555. The number of rotatable bonds is 2. The molecule has 0 aliphatic rings. The Hall–Kier alpha value is -3.01. The minimum absolute atomic E-state index is 0.110. The van der Waals surface area contributed by atoms with Gasteiger partial charge in [0, 0.05) is 11.6 Å². The topological polar surface area (TPSA) is 52.6 Å². The molecular weight excluding hydrogens is 280 g/mol. The molecule has 0 aliphatic carbocycles. The third-order valence-electron chi connectivity index (χ3n) is 3.67. The zero-order valence-corrected chi connectivity index (χ0v) is 11.8. The van der Waals surface area contributed by atoms with E-state index in [2.05, 4.69) is 0 Å². The van der Waals surface area contributed by atoms with Crippen molar-refractivity contribution in [1.29, 1.82) is 0 Å². The highest BCUT2D eigenvalue weighted by molar-refractivity contribution is 6.05. The first kappa shape index (κ1) is 12.7. The van der Waals surface area contributed by atoms with Crippen molar-refractivity contribution >= 4 is 21.9 Å². The predicted octanol–water partition coefficient (Wildman–Crippen LogP) is 4.21. The molecular formula is C18H12O4. The Morgan fingerprint density at radius 2 is 1.77 bits per heavy atom. The van der Waals surface area contributed by atoms with Crippen LogP contribution in [0.15, 0.2) is 68.4 Å². The Morgan fingerprint density at radius 3 is 2.55 bits per heavy atom. The summed E-state index contributed by atoms with van der Waals surface area (Å²) in [6, 6.07) is 14.5. The van der Waals surface area contributed by atoms with Crippen molar-refractivity contribution in [2.24, 2.45) is 0 Å². The van der Waals surface area contributed by atoms with E-state index in [1.54, 1.807) is 25.5 Å². The van der Waals surface area contributed by atoms with Crippen LogP contribution < -0.4 is 10.2 Å². The lowest BCUT2D eigenvalue weighted by atomic mass is 10.1. The van der Waals surface area contributed by atoms with Crippen molar-refractivity contribution in [3.63, 3.8) is 0 Å². The molecule has 4 nitrogen and oxygen atoms in total. The highest BCUT2D eigenvalue weighted by atomic mass is 16.5. The van der Waals surface area contributed by atoms with Crippen LogP contribution in [0.2, 0.25) is 0 Å². The van der Waals surface area contributed by atoms with Crippen LogP contribution in [-0.2, 0) is 0 Å². The first-order chi connectivity index (χ1) is 10.8. The van der Waals surface area contributed by atoms with Crippen molar-refractivity contribution in [1.82, 2.24) is 0 Å². The average molecular weight is 292 g/mol. The van der Waals surface area contributed by atoms with Gasteiger partial charge in [0.05, 0.1) is 24.1 Å². The van der Waals surface area contributed by atoms with Gasteiger partial charge in [0.25, 0.3) is 0 Å². The fourth-order valence-corrected chi connectivity index (χ4v) is 2.61. The van der Waals surface area contributed by atoms with Gasteiger partial charge < -0.3 is 13.6 Å². The van der Waals surface area contributed by atoms with Crippen LogP contribution >= 0.6 is 0 Å². The van der Waals surface area contributed by atoms with Gasteiger partial charge in [-0.15, -0.1) is 0 Å². The van der Waals surface area contributed by atoms with E-state index in [0.29, 0.717) is 28.1 Å². The molecule has 0 atom stereocenters. The normalized spacial score (nSPS) is 11.1. The van der Waals surface area contributed by atoms with Gasteiger partial charge in [-0.2, -0.15) is 0 Å². The molecule has 2 aromatic carbocycles. The van der Waals surface area contributed by atoms with E-state index in [1.165, 1.54) is 6.07 Å². The molecule has 2 aromatic heterocycles. The molecule has 2 heterocycles. The highest BCUT2D eigenvalue weighted by Crippen LogP contribution is 2.34. The maximum absolute atomic E-state index is 12.5. The Bertz CT molecular complexity index is 1030. The number of ether oxygens (including phenoxy) is 1. The summed E-state index contributed by atoms with van der Waals surface area (Å²) in [4.78, 5) is 12.5. The molecule has 22 heavy (non-hydrogen) atoms. The second-order valence-electron chi connectivity index (χ2n) is 4.96. The standard InChI is InChI=1S/C18H12O4/c1-20-16-9-13-14(19)10-15(11-5-3-2-4-6-11)22-17(13)12-7-8-21-18(12)16/h2-10H,1H3. The third kappa shape index (κ3) is 1.81. The molecule has 0 saturated heterocycles. The van der Waals surface area contributed by atoms with Gasteiger partial charge >= 0.3 is 0 Å². The van der Waals surface area contributed by atoms with Crippen molar-refractivity contribution in [3.8, 4) is 17.1 Å². The number of benzene rings is 2. The van der Waals surface area contributed by atoms with Crippen molar-refractivity contribution in [3.05, 3.63) is 65.0 Å². The smallest absolute Gasteiger partial charge is 0.193 e. The summed E-state index contributed by atoms with van der Waals surface area (Å²) in [5.41, 5.74) is 1.83. The lowest BCUT2D eigenvalue weighted by Crippen LogP contribution is -2.01. The van der Waals surface area contributed by atoms with Crippen LogP contribution in [0, 0.1) is 0 Å². The number of methoxy groups -OCH3 is 1. The summed E-state index contributed by atoms with van der Waals surface area (Å²) in [6.07, 6.45) is 1.56. The third-order valence-corrected chi connectivity index (χ3v) is 3.67. The fraction of sp³-hybridized carbons (Fsp3) is 0.0556. The summed E-state index contributed by atoms with van der Waals surface area (Å²) < 4.78 is 16.7. The van der Waals surface area contributed by atoms with Gasteiger partial charge in [-0.05, 0) is 12.1 Å². The van der Waals surface area contributed by atoms with Crippen LogP contribution in [0.5, 0.6) is 5.75 Å².